The third kappa shape index (κ3) is 3.70. The number of nitrogens with zero attached hydrogens (tertiary/aromatic N) is 2. The van der Waals surface area contributed by atoms with Crippen molar-refractivity contribution in [2.24, 2.45) is 0 Å². The highest BCUT2D eigenvalue weighted by Crippen LogP contribution is 2.22. The van der Waals surface area contributed by atoms with Crippen LogP contribution in [0.25, 0.3) is 5.69 Å². The molecule has 0 aliphatic heterocycles. The van der Waals surface area contributed by atoms with E-state index in [1.807, 2.05) is 0 Å². The molecule has 0 aliphatic rings. The van der Waals surface area contributed by atoms with Crippen LogP contribution in [0.15, 0.2) is 53.7 Å². The van der Waals surface area contributed by atoms with Gasteiger partial charge in [0.25, 0.3) is 5.91 Å². The minimum Gasteiger partial charge on any atom is -0.319 e. The number of nitrogens with one attached hydrogen (secondary N) is 1. The van der Waals surface area contributed by atoms with Crippen molar-refractivity contribution in [3.05, 3.63) is 71.8 Å². The first-order valence-corrected chi connectivity index (χ1v) is 9.36. The van der Waals surface area contributed by atoms with Gasteiger partial charge in [0.05, 0.1) is 28.0 Å². The number of sulfone groups is 1. The van der Waals surface area contributed by atoms with Gasteiger partial charge in [-0.2, -0.15) is 5.10 Å². The highest BCUT2D eigenvalue weighted by Gasteiger charge is 2.19. The number of anilines is 1. The van der Waals surface area contributed by atoms with Crippen molar-refractivity contribution in [2.75, 3.05) is 11.6 Å². The van der Waals surface area contributed by atoms with Crippen LogP contribution in [0.3, 0.4) is 0 Å². The zero-order valence-corrected chi connectivity index (χ0v) is 14.6. The van der Waals surface area contributed by atoms with Gasteiger partial charge in [-0.25, -0.2) is 26.3 Å². The molecule has 0 atom stereocenters. The number of rotatable bonds is 4. The summed E-state index contributed by atoms with van der Waals surface area (Å²) in [5, 5.41) is 6.05. The van der Waals surface area contributed by atoms with Crippen molar-refractivity contribution in [3.8, 4) is 5.69 Å². The molecule has 27 heavy (non-hydrogen) atoms. The van der Waals surface area contributed by atoms with Crippen molar-refractivity contribution in [1.82, 2.24) is 9.78 Å². The molecule has 0 aliphatic carbocycles. The second kappa shape index (κ2) is 6.88. The van der Waals surface area contributed by atoms with Crippen molar-refractivity contribution in [1.29, 1.82) is 0 Å². The lowest BCUT2D eigenvalue weighted by Gasteiger charge is -2.07. The number of benzene rings is 2. The van der Waals surface area contributed by atoms with E-state index in [1.165, 1.54) is 23.0 Å². The highest BCUT2D eigenvalue weighted by atomic mass is 32.2. The summed E-state index contributed by atoms with van der Waals surface area (Å²) >= 11 is 0. The van der Waals surface area contributed by atoms with E-state index in [9.17, 15) is 26.4 Å². The molecule has 3 rings (SSSR count). The Balaban J connectivity index is 1.91. The summed E-state index contributed by atoms with van der Waals surface area (Å²) in [6.45, 7) is 0. The number of carbonyl (C=O) groups excluding carboxylic acids is 1. The number of hydrogen-bond acceptors (Lipinski definition) is 4. The molecule has 0 saturated carbocycles. The van der Waals surface area contributed by atoms with Gasteiger partial charge in [0.15, 0.2) is 27.3 Å². The molecule has 0 saturated heterocycles. The molecule has 140 valence electrons. The van der Waals surface area contributed by atoms with E-state index in [0.29, 0.717) is 6.07 Å². The molecule has 3 aromatic rings. The van der Waals surface area contributed by atoms with Crippen LogP contribution in [-0.4, -0.2) is 30.4 Å². The lowest BCUT2D eigenvalue weighted by molar-refractivity contribution is 0.102. The van der Waals surface area contributed by atoms with Crippen molar-refractivity contribution >= 4 is 21.4 Å². The number of para-hydroxylation sites is 1. The van der Waals surface area contributed by atoms with Crippen molar-refractivity contribution < 1.29 is 26.4 Å². The summed E-state index contributed by atoms with van der Waals surface area (Å²) in [5.74, 6) is -5.44. The second-order valence-corrected chi connectivity index (χ2v) is 7.57. The quantitative estimate of drug-likeness (QED) is 0.689. The second-order valence-electron chi connectivity index (χ2n) is 5.59. The van der Waals surface area contributed by atoms with Gasteiger partial charge in [0.2, 0.25) is 0 Å². The molecule has 1 heterocycles. The number of hydrogen-bond donors (Lipinski definition) is 1. The van der Waals surface area contributed by atoms with Crippen LogP contribution in [-0.2, 0) is 9.84 Å². The van der Waals surface area contributed by atoms with Crippen LogP contribution in [0.1, 0.15) is 10.4 Å². The fraction of sp³-hybridized carbons (Fsp3) is 0.0588. The predicted octanol–water partition coefficient (Wildman–Crippen LogP) is 2.95. The third-order valence-corrected chi connectivity index (χ3v) is 4.78. The highest BCUT2D eigenvalue weighted by molar-refractivity contribution is 7.90. The number of carbonyl (C=O) groups is 1. The molecule has 1 aromatic heterocycles. The monoisotopic (exact) mass is 395 g/mol. The third-order valence-electron chi connectivity index (χ3n) is 3.64. The molecule has 0 radical (unpaired) electrons. The Morgan fingerprint density at radius 3 is 2.48 bits per heavy atom. The van der Waals surface area contributed by atoms with Gasteiger partial charge in [-0.05, 0) is 24.3 Å². The van der Waals surface area contributed by atoms with Crippen LogP contribution < -0.4 is 5.32 Å². The lowest BCUT2D eigenvalue weighted by Crippen LogP contribution is -2.13. The molecule has 6 nitrogen and oxygen atoms in total. The fourth-order valence-electron chi connectivity index (χ4n) is 2.35. The molecule has 1 amide bonds. The maximum Gasteiger partial charge on any atom is 0.258 e. The van der Waals surface area contributed by atoms with E-state index in [4.69, 9.17) is 0 Å². The first kappa shape index (κ1) is 18.6. The molecular weight excluding hydrogens is 383 g/mol. The van der Waals surface area contributed by atoms with E-state index in [1.54, 1.807) is 12.1 Å². The summed E-state index contributed by atoms with van der Waals surface area (Å²) in [6.07, 6.45) is 3.40. The predicted molar refractivity (Wildman–Crippen MR) is 90.9 cm³/mol. The average molecular weight is 395 g/mol. The zero-order valence-electron chi connectivity index (χ0n) is 13.8. The zero-order chi connectivity index (χ0) is 19.8. The Bertz CT molecular complexity index is 1140. The number of aromatic nitrogens is 2. The smallest absolute Gasteiger partial charge is 0.258 e. The van der Waals surface area contributed by atoms with Crippen LogP contribution in [0.2, 0.25) is 0 Å². The SMILES string of the molecule is CS(=O)(=O)c1ccccc1-n1cc(C(=O)Nc2ccc(F)c(F)c2F)cn1. The summed E-state index contributed by atoms with van der Waals surface area (Å²) in [6, 6.07) is 7.60. The first-order chi connectivity index (χ1) is 12.7. The molecule has 0 spiro atoms. The summed E-state index contributed by atoms with van der Waals surface area (Å²) in [5.41, 5.74) is -0.358. The molecular formula is C17H12F3N3O3S. The van der Waals surface area contributed by atoms with Gasteiger partial charge in [-0.15, -0.1) is 0 Å². The van der Waals surface area contributed by atoms with Crippen LogP contribution in [0.4, 0.5) is 18.9 Å². The summed E-state index contributed by atoms with van der Waals surface area (Å²) in [4.78, 5) is 12.2. The Labute approximate surface area is 152 Å². The van der Waals surface area contributed by atoms with Crippen molar-refractivity contribution in [3.63, 3.8) is 0 Å². The normalized spacial score (nSPS) is 11.4. The lowest BCUT2D eigenvalue weighted by atomic mass is 10.2. The van der Waals surface area contributed by atoms with Gasteiger partial charge < -0.3 is 5.32 Å². The number of amides is 1. The van der Waals surface area contributed by atoms with Gasteiger partial charge in [-0.1, -0.05) is 12.1 Å². The Morgan fingerprint density at radius 1 is 1.07 bits per heavy atom. The minimum absolute atomic E-state index is 0.00621. The van der Waals surface area contributed by atoms with Crippen LogP contribution in [0, 0.1) is 17.5 Å². The Morgan fingerprint density at radius 2 is 1.78 bits per heavy atom. The van der Waals surface area contributed by atoms with Crippen LogP contribution >= 0.6 is 0 Å². The Hall–Kier alpha value is -3.14. The summed E-state index contributed by atoms with van der Waals surface area (Å²) < 4.78 is 64.8. The van der Waals surface area contributed by atoms with E-state index >= 15 is 0 Å². The molecule has 10 heteroatoms. The molecule has 1 N–H and O–H groups in total. The largest absolute Gasteiger partial charge is 0.319 e. The van der Waals surface area contributed by atoms with Gasteiger partial charge in [-0.3, -0.25) is 4.79 Å². The standard InChI is InChI=1S/C17H12F3N3O3S/c1-27(25,26)14-5-3-2-4-13(14)23-9-10(8-21-23)17(24)22-12-7-6-11(18)15(19)16(12)20/h2-9H,1H3,(H,22,24). The number of halogens is 3. The maximum atomic E-state index is 13.7. The molecule has 0 unspecified atom stereocenters. The first-order valence-electron chi connectivity index (χ1n) is 7.47. The van der Waals surface area contributed by atoms with E-state index in [2.05, 4.69) is 10.4 Å². The van der Waals surface area contributed by atoms with Crippen LogP contribution in [0.5, 0.6) is 0 Å². The molecule has 2 aromatic carbocycles. The van der Waals surface area contributed by atoms with E-state index < -0.39 is 38.9 Å². The topological polar surface area (TPSA) is 81.1 Å². The molecule has 0 bridgehead atoms. The Kier molecular flexibility index (Phi) is 4.75. The van der Waals surface area contributed by atoms with E-state index in [-0.39, 0.29) is 16.1 Å². The minimum atomic E-state index is -3.54. The fourth-order valence-corrected chi connectivity index (χ4v) is 3.22. The van der Waals surface area contributed by atoms with Gasteiger partial charge in [0.1, 0.15) is 0 Å². The maximum absolute atomic E-state index is 13.7. The van der Waals surface area contributed by atoms with Gasteiger partial charge >= 0.3 is 0 Å². The van der Waals surface area contributed by atoms with Gasteiger partial charge in [0, 0.05) is 12.5 Å². The average Bonchev–Trinajstić information content (AvgIpc) is 3.11. The molecule has 0 fully saturated rings. The van der Waals surface area contributed by atoms with Crippen molar-refractivity contribution in [2.45, 2.75) is 4.90 Å². The van der Waals surface area contributed by atoms with E-state index in [0.717, 1.165) is 18.5 Å². The summed E-state index contributed by atoms with van der Waals surface area (Å²) in [7, 11) is -3.54.